The van der Waals surface area contributed by atoms with E-state index >= 15 is 0 Å². The van der Waals surface area contributed by atoms with Crippen molar-refractivity contribution < 1.29 is 24.2 Å². The number of aliphatic hydroxyl groups excluding tert-OH is 1. The summed E-state index contributed by atoms with van der Waals surface area (Å²) in [5, 5.41) is 23.0. The number of aromatic nitrogens is 2. The first kappa shape index (κ1) is 30.0. The third-order valence-electron chi connectivity index (χ3n) is 4.60. The van der Waals surface area contributed by atoms with Gasteiger partial charge in [-0.15, -0.1) is 22.7 Å². The van der Waals surface area contributed by atoms with Gasteiger partial charge in [0.2, 0.25) is 5.91 Å². The normalized spacial score (nSPS) is 13.2. The lowest BCUT2D eigenvalue weighted by atomic mass is 10.1. The van der Waals surface area contributed by atoms with E-state index in [4.69, 9.17) is 4.74 Å². The molecule has 0 radical (unpaired) electrons. The van der Waals surface area contributed by atoms with Crippen molar-refractivity contribution in [3.05, 3.63) is 21.5 Å². The molecule has 2 heterocycles. The third kappa shape index (κ3) is 10.4. The van der Waals surface area contributed by atoms with Crippen molar-refractivity contribution in [2.24, 2.45) is 0 Å². The molecule has 0 aromatic carbocycles. The number of hydrogen-bond donors (Lipinski definition) is 4. The van der Waals surface area contributed by atoms with Crippen LogP contribution in [0.3, 0.4) is 0 Å². The molecule has 0 fully saturated rings. The first-order valence-electron chi connectivity index (χ1n) is 11.5. The fourth-order valence-electron chi connectivity index (χ4n) is 2.92. The summed E-state index contributed by atoms with van der Waals surface area (Å²) in [5.74, 6) is 0.386. The molecule has 2 rings (SSSR count). The van der Waals surface area contributed by atoms with E-state index in [-0.39, 0.29) is 12.5 Å². The summed E-state index contributed by atoms with van der Waals surface area (Å²) in [6.45, 7) is 7.46. The van der Waals surface area contributed by atoms with Crippen LogP contribution in [0.5, 0.6) is 0 Å². The Bertz CT molecular complexity index is 1020. The summed E-state index contributed by atoms with van der Waals surface area (Å²) in [6.07, 6.45) is 3.89. The number of thiazole rings is 2. The molecule has 200 valence electrons. The molecule has 0 unspecified atom stereocenters. The van der Waals surface area contributed by atoms with Crippen molar-refractivity contribution in [2.75, 3.05) is 31.4 Å². The van der Waals surface area contributed by atoms with Crippen LogP contribution in [0.4, 0.5) is 4.79 Å². The maximum atomic E-state index is 12.5. The largest absolute Gasteiger partial charge is 0.444 e. The Morgan fingerprint density at radius 2 is 1.83 bits per heavy atom. The highest BCUT2D eigenvalue weighted by atomic mass is 32.2. The Kier molecular flexibility index (Phi) is 11.6. The lowest BCUT2D eigenvalue weighted by Crippen LogP contribution is -2.53. The molecule has 0 saturated carbocycles. The van der Waals surface area contributed by atoms with Crippen molar-refractivity contribution in [2.45, 2.75) is 58.3 Å². The summed E-state index contributed by atoms with van der Waals surface area (Å²) in [4.78, 5) is 45.8. The van der Waals surface area contributed by atoms with E-state index in [1.54, 1.807) is 26.2 Å². The minimum atomic E-state index is -1.14. The number of amides is 3. The molecule has 0 aliphatic heterocycles. The lowest BCUT2D eigenvalue weighted by Gasteiger charge is -2.24. The number of carbonyl (C=O) groups is 3. The predicted molar refractivity (Wildman–Crippen MR) is 146 cm³/mol. The summed E-state index contributed by atoms with van der Waals surface area (Å²) >= 11 is 2.79. The second-order valence-electron chi connectivity index (χ2n) is 9.37. The van der Waals surface area contributed by atoms with Crippen molar-refractivity contribution >= 4 is 51.5 Å². The second kappa shape index (κ2) is 13.9. The molecular weight excluding hydrogens is 522 g/mol. The molecular formula is C23H36N5O5S3+. The lowest BCUT2D eigenvalue weighted by molar-refractivity contribution is -0.125. The molecule has 2 aromatic heterocycles. The molecule has 0 aliphatic rings. The topological polar surface area (TPSA) is 143 Å². The number of rotatable bonds is 12. The first-order valence-corrected chi connectivity index (χ1v) is 15.5. The molecule has 3 amide bonds. The van der Waals surface area contributed by atoms with Gasteiger partial charge < -0.3 is 25.8 Å². The van der Waals surface area contributed by atoms with Gasteiger partial charge in [0, 0.05) is 36.7 Å². The van der Waals surface area contributed by atoms with Crippen LogP contribution < -0.4 is 16.0 Å². The highest BCUT2D eigenvalue weighted by Crippen LogP contribution is 2.25. The fourth-order valence-corrected chi connectivity index (χ4v) is 5.25. The molecule has 0 saturated heterocycles. The summed E-state index contributed by atoms with van der Waals surface area (Å²) in [5.41, 5.74) is 0.340. The van der Waals surface area contributed by atoms with Crippen LogP contribution in [-0.2, 0) is 26.8 Å². The zero-order valence-electron chi connectivity index (χ0n) is 21.5. The van der Waals surface area contributed by atoms with Crippen LogP contribution in [0.15, 0.2) is 10.8 Å². The van der Waals surface area contributed by atoms with E-state index in [0.717, 1.165) is 17.2 Å². The molecule has 10 nitrogen and oxygen atoms in total. The quantitative estimate of drug-likeness (QED) is 0.231. The number of nitrogens with one attached hydrogen (secondary N) is 3. The monoisotopic (exact) mass is 558 g/mol. The van der Waals surface area contributed by atoms with E-state index in [2.05, 4.69) is 38.4 Å². The number of hydrogen-bond acceptors (Lipinski definition) is 9. The highest BCUT2D eigenvalue weighted by molar-refractivity contribution is 7.95. The van der Waals surface area contributed by atoms with E-state index < -0.39 is 29.7 Å². The second-order valence-corrected chi connectivity index (χ2v) is 13.5. The van der Waals surface area contributed by atoms with Gasteiger partial charge >= 0.3 is 6.09 Å². The zero-order valence-corrected chi connectivity index (χ0v) is 24.0. The van der Waals surface area contributed by atoms with E-state index in [1.807, 2.05) is 5.38 Å². The van der Waals surface area contributed by atoms with Gasteiger partial charge in [-0.3, -0.25) is 9.59 Å². The Morgan fingerprint density at radius 1 is 1.11 bits per heavy atom. The van der Waals surface area contributed by atoms with Crippen LogP contribution in [0.1, 0.15) is 49.6 Å². The van der Waals surface area contributed by atoms with E-state index in [1.165, 1.54) is 29.6 Å². The molecule has 4 N–H and O–H groups in total. The maximum Gasteiger partial charge on any atom is 0.408 e. The Balaban J connectivity index is 1.84. The molecule has 13 heteroatoms. The predicted octanol–water partition coefficient (Wildman–Crippen LogP) is 2.20. The van der Waals surface area contributed by atoms with Gasteiger partial charge in [0.25, 0.3) is 5.91 Å². The zero-order chi connectivity index (χ0) is 26.9. The fraction of sp³-hybridized carbons (Fsp3) is 0.609. The number of alkyl carbamates (subject to hydrolysis) is 1. The summed E-state index contributed by atoms with van der Waals surface area (Å²) < 4.78 is 5.16. The van der Waals surface area contributed by atoms with Crippen molar-refractivity contribution in [3.8, 4) is 10.7 Å². The number of nitrogens with zero attached hydrogens (tertiary/aromatic N) is 2. The van der Waals surface area contributed by atoms with Crippen LogP contribution in [0.25, 0.3) is 10.7 Å². The molecule has 0 spiro atoms. The van der Waals surface area contributed by atoms with Gasteiger partial charge in [0.1, 0.15) is 33.8 Å². The van der Waals surface area contributed by atoms with Crippen molar-refractivity contribution in [1.29, 1.82) is 0 Å². The molecule has 0 bridgehead atoms. The maximum absolute atomic E-state index is 12.5. The molecule has 2 atom stereocenters. The summed E-state index contributed by atoms with van der Waals surface area (Å²) in [7, 11) is 0.363. The molecule has 2 aromatic rings. The standard InChI is InChI=1S/C23H35N5O5S3/c1-14(29)18(28-22(32)33-23(2,3)4)20(31)25-10-8-17-26-16(13-34-17)21-27-15(12-35-21)19(30)24-9-7-11-36(5)6/h12-14,18,29H,7-11H2,1-6H3,(H2-,24,25,28,30,31,32)/p+1/t14-,18+/m1/s1. The van der Waals surface area contributed by atoms with Gasteiger partial charge in [-0.05, 0) is 38.6 Å². The van der Waals surface area contributed by atoms with Gasteiger partial charge in [-0.1, -0.05) is 0 Å². The van der Waals surface area contributed by atoms with Crippen LogP contribution in [0.2, 0.25) is 0 Å². The molecule has 36 heavy (non-hydrogen) atoms. The van der Waals surface area contributed by atoms with Crippen LogP contribution in [-0.4, -0.2) is 82.1 Å². The summed E-state index contributed by atoms with van der Waals surface area (Å²) in [6, 6.07) is -1.14. The SMILES string of the molecule is C[C@@H](O)[C@H](NC(=O)OC(C)(C)C)C(=O)NCCc1nc(-c2nc(C(=O)NCCC[S+](C)C)cs2)cs1. The van der Waals surface area contributed by atoms with Crippen molar-refractivity contribution in [1.82, 2.24) is 25.9 Å². The van der Waals surface area contributed by atoms with Gasteiger partial charge in [-0.2, -0.15) is 0 Å². The van der Waals surface area contributed by atoms with Crippen LogP contribution >= 0.6 is 22.7 Å². The molecule has 0 aliphatic carbocycles. The Labute approximate surface area is 223 Å². The highest BCUT2D eigenvalue weighted by Gasteiger charge is 2.28. The number of carbonyl (C=O) groups excluding carboxylic acids is 3. The number of aliphatic hydroxyl groups is 1. The third-order valence-corrected chi connectivity index (χ3v) is 7.48. The first-order chi connectivity index (χ1) is 16.9. The Morgan fingerprint density at radius 3 is 2.47 bits per heavy atom. The van der Waals surface area contributed by atoms with Gasteiger partial charge in [0.05, 0.1) is 23.6 Å². The van der Waals surface area contributed by atoms with E-state index in [9.17, 15) is 19.5 Å². The van der Waals surface area contributed by atoms with Crippen LogP contribution in [0, 0.1) is 0 Å². The minimum absolute atomic E-state index is 0.185. The smallest absolute Gasteiger partial charge is 0.408 e. The minimum Gasteiger partial charge on any atom is -0.444 e. The Hall–Kier alpha value is -2.22. The number of ether oxygens (including phenoxy) is 1. The average Bonchev–Trinajstić information content (AvgIpc) is 3.43. The van der Waals surface area contributed by atoms with E-state index in [0.29, 0.717) is 40.3 Å². The van der Waals surface area contributed by atoms with Gasteiger partial charge in [-0.25, -0.2) is 14.8 Å². The average molecular weight is 559 g/mol. The van der Waals surface area contributed by atoms with Gasteiger partial charge in [0.15, 0.2) is 0 Å². The van der Waals surface area contributed by atoms with Crippen molar-refractivity contribution in [3.63, 3.8) is 0 Å².